The van der Waals surface area contributed by atoms with Crippen LogP contribution in [0.25, 0.3) is 0 Å². The number of benzene rings is 1. The fraction of sp³-hybridized carbons (Fsp3) is 0.467. The van der Waals surface area contributed by atoms with Crippen LogP contribution in [0.1, 0.15) is 19.4 Å². The standard InChI is InChI=1S/C15H24N4O2S2/c1-10(2)17-15(23)19-18-14(22)16-8-7-11-5-6-12(20-3)13(9-11)21-4/h5-6,9-10H,7-8H2,1-4H3,(H2,16,18,22)(H2,17,19,23). The maximum Gasteiger partial charge on any atom is 0.185 e. The molecule has 0 unspecified atom stereocenters. The summed E-state index contributed by atoms with van der Waals surface area (Å²) in [5.41, 5.74) is 6.79. The van der Waals surface area contributed by atoms with Crippen molar-refractivity contribution < 1.29 is 9.47 Å². The first-order valence-corrected chi connectivity index (χ1v) is 8.09. The largest absolute Gasteiger partial charge is 0.493 e. The molecular formula is C15H24N4O2S2. The predicted molar refractivity (Wildman–Crippen MR) is 101 cm³/mol. The Morgan fingerprint density at radius 1 is 1.04 bits per heavy atom. The summed E-state index contributed by atoms with van der Waals surface area (Å²) < 4.78 is 10.5. The number of hydrogen-bond acceptors (Lipinski definition) is 4. The van der Waals surface area contributed by atoms with E-state index in [4.69, 9.17) is 33.9 Å². The van der Waals surface area contributed by atoms with Crippen LogP contribution in [0.4, 0.5) is 0 Å². The molecule has 4 N–H and O–H groups in total. The van der Waals surface area contributed by atoms with Crippen LogP contribution in [0, 0.1) is 0 Å². The molecule has 8 heteroatoms. The van der Waals surface area contributed by atoms with Crippen LogP contribution in [0.15, 0.2) is 18.2 Å². The Hall–Kier alpha value is -1.80. The van der Waals surface area contributed by atoms with Gasteiger partial charge in [-0.15, -0.1) is 0 Å². The number of hydrogen-bond donors (Lipinski definition) is 4. The van der Waals surface area contributed by atoms with Crippen molar-refractivity contribution >= 4 is 34.7 Å². The summed E-state index contributed by atoms with van der Waals surface area (Å²) in [5, 5.41) is 7.14. The lowest BCUT2D eigenvalue weighted by Gasteiger charge is -2.16. The summed E-state index contributed by atoms with van der Waals surface area (Å²) in [6.45, 7) is 4.70. The average Bonchev–Trinajstić information content (AvgIpc) is 2.52. The first-order valence-electron chi connectivity index (χ1n) is 7.27. The maximum absolute atomic E-state index is 5.29. The molecule has 1 aromatic carbocycles. The fourth-order valence-corrected chi connectivity index (χ4v) is 2.25. The SMILES string of the molecule is COc1ccc(CCNC(=S)NNC(=S)NC(C)C)cc1OC. The van der Waals surface area contributed by atoms with Gasteiger partial charge < -0.3 is 20.1 Å². The van der Waals surface area contributed by atoms with E-state index in [9.17, 15) is 0 Å². The van der Waals surface area contributed by atoms with Crippen LogP contribution >= 0.6 is 24.4 Å². The molecular weight excluding hydrogens is 332 g/mol. The molecule has 0 heterocycles. The van der Waals surface area contributed by atoms with Gasteiger partial charge in [-0.2, -0.15) is 0 Å². The van der Waals surface area contributed by atoms with Gasteiger partial charge in [0.05, 0.1) is 14.2 Å². The van der Waals surface area contributed by atoms with Crippen molar-refractivity contribution in [1.82, 2.24) is 21.5 Å². The Bertz CT molecular complexity index is 538. The molecule has 0 aromatic heterocycles. The van der Waals surface area contributed by atoms with E-state index in [-0.39, 0.29) is 6.04 Å². The molecule has 0 amide bonds. The third-order valence-electron chi connectivity index (χ3n) is 2.86. The summed E-state index contributed by atoms with van der Waals surface area (Å²) in [4.78, 5) is 0. The van der Waals surface area contributed by atoms with Gasteiger partial charge in [0, 0.05) is 12.6 Å². The molecule has 0 aliphatic heterocycles. The van der Waals surface area contributed by atoms with E-state index in [2.05, 4.69) is 21.5 Å². The molecule has 6 nitrogen and oxygen atoms in total. The van der Waals surface area contributed by atoms with Gasteiger partial charge in [0.25, 0.3) is 0 Å². The minimum Gasteiger partial charge on any atom is -0.493 e. The highest BCUT2D eigenvalue weighted by atomic mass is 32.1. The minimum atomic E-state index is 0.267. The van der Waals surface area contributed by atoms with E-state index in [0.29, 0.717) is 16.8 Å². The monoisotopic (exact) mass is 356 g/mol. The second-order valence-corrected chi connectivity index (χ2v) is 5.89. The maximum atomic E-state index is 5.29. The van der Waals surface area contributed by atoms with Crippen LogP contribution in [0.5, 0.6) is 11.5 Å². The summed E-state index contributed by atoms with van der Waals surface area (Å²) in [6.07, 6.45) is 0.802. The fourth-order valence-electron chi connectivity index (χ4n) is 1.81. The van der Waals surface area contributed by atoms with Gasteiger partial charge in [-0.25, -0.2) is 0 Å². The van der Waals surface area contributed by atoms with Crippen LogP contribution < -0.4 is 31.0 Å². The van der Waals surface area contributed by atoms with Gasteiger partial charge in [0.1, 0.15) is 0 Å². The first kappa shape index (κ1) is 19.2. The van der Waals surface area contributed by atoms with Gasteiger partial charge in [-0.05, 0) is 62.4 Å². The van der Waals surface area contributed by atoms with Gasteiger partial charge in [-0.1, -0.05) is 6.07 Å². The van der Waals surface area contributed by atoms with Crippen molar-refractivity contribution in [3.05, 3.63) is 23.8 Å². The zero-order valence-electron chi connectivity index (χ0n) is 13.9. The Labute approximate surface area is 148 Å². The Morgan fingerprint density at radius 2 is 1.70 bits per heavy atom. The molecule has 128 valence electrons. The Balaban J connectivity index is 2.33. The first-order chi connectivity index (χ1) is 11.0. The average molecular weight is 357 g/mol. The van der Waals surface area contributed by atoms with Crippen molar-refractivity contribution in [3.63, 3.8) is 0 Å². The molecule has 0 radical (unpaired) electrons. The molecule has 1 rings (SSSR count). The second-order valence-electron chi connectivity index (χ2n) is 5.07. The van der Waals surface area contributed by atoms with Gasteiger partial charge in [-0.3, -0.25) is 10.9 Å². The van der Waals surface area contributed by atoms with Gasteiger partial charge in [0.2, 0.25) is 0 Å². The van der Waals surface area contributed by atoms with E-state index in [1.54, 1.807) is 14.2 Å². The predicted octanol–water partition coefficient (Wildman–Crippen LogP) is 1.50. The zero-order chi connectivity index (χ0) is 17.2. The van der Waals surface area contributed by atoms with Crippen molar-refractivity contribution in [3.8, 4) is 11.5 Å². The Morgan fingerprint density at radius 3 is 2.30 bits per heavy atom. The Kier molecular flexibility index (Phi) is 8.42. The lowest BCUT2D eigenvalue weighted by molar-refractivity contribution is 0.354. The smallest absolute Gasteiger partial charge is 0.185 e. The van der Waals surface area contributed by atoms with E-state index >= 15 is 0 Å². The molecule has 1 aromatic rings. The van der Waals surface area contributed by atoms with Crippen molar-refractivity contribution in [2.24, 2.45) is 0 Å². The third kappa shape index (κ3) is 7.34. The van der Waals surface area contributed by atoms with E-state index in [0.717, 1.165) is 23.5 Å². The van der Waals surface area contributed by atoms with Crippen LogP contribution in [0.2, 0.25) is 0 Å². The van der Waals surface area contributed by atoms with Crippen LogP contribution in [-0.2, 0) is 6.42 Å². The van der Waals surface area contributed by atoms with Crippen molar-refractivity contribution in [1.29, 1.82) is 0 Å². The molecule has 0 saturated carbocycles. The second kappa shape index (κ2) is 10.1. The quantitative estimate of drug-likeness (QED) is 0.452. The number of ether oxygens (including phenoxy) is 2. The number of nitrogens with one attached hydrogen (secondary N) is 4. The highest BCUT2D eigenvalue weighted by Gasteiger charge is 2.05. The molecule has 0 atom stereocenters. The normalized spacial score (nSPS) is 9.96. The molecule has 0 spiro atoms. The highest BCUT2D eigenvalue weighted by Crippen LogP contribution is 2.27. The minimum absolute atomic E-state index is 0.267. The number of rotatable bonds is 6. The summed E-state index contributed by atoms with van der Waals surface area (Å²) in [7, 11) is 3.24. The molecule has 0 bridgehead atoms. The lowest BCUT2D eigenvalue weighted by atomic mass is 10.1. The van der Waals surface area contributed by atoms with Crippen molar-refractivity contribution in [2.45, 2.75) is 26.3 Å². The third-order valence-corrected chi connectivity index (χ3v) is 3.32. The van der Waals surface area contributed by atoms with Gasteiger partial charge >= 0.3 is 0 Å². The number of thiocarbonyl (C=S) groups is 2. The summed E-state index contributed by atoms with van der Waals surface area (Å²) >= 11 is 10.3. The number of hydrazine groups is 1. The van der Waals surface area contributed by atoms with E-state index in [1.807, 2.05) is 32.0 Å². The molecule has 0 saturated heterocycles. The summed E-state index contributed by atoms with van der Waals surface area (Å²) in [5.74, 6) is 1.44. The molecule has 23 heavy (non-hydrogen) atoms. The highest BCUT2D eigenvalue weighted by molar-refractivity contribution is 7.80. The molecule has 0 aliphatic rings. The van der Waals surface area contributed by atoms with E-state index < -0.39 is 0 Å². The van der Waals surface area contributed by atoms with E-state index in [1.165, 1.54) is 0 Å². The lowest BCUT2D eigenvalue weighted by Crippen LogP contribution is -2.51. The number of methoxy groups -OCH3 is 2. The van der Waals surface area contributed by atoms with Crippen LogP contribution in [-0.4, -0.2) is 37.0 Å². The van der Waals surface area contributed by atoms with Crippen molar-refractivity contribution in [2.75, 3.05) is 20.8 Å². The van der Waals surface area contributed by atoms with Crippen LogP contribution in [0.3, 0.4) is 0 Å². The van der Waals surface area contributed by atoms with Gasteiger partial charge in [0.15, 0.2) is 21.7 Å². The molecule has 0 fully saturated rings. The summed E-state index contributed by atoms with van der Waals surface area (Å²) in [6, 6.07) is 6.11. The molecule has 0 aliphatic carbocycles. The topological polar surface area (TPSA) is 66.6 Å². The zero-order valence-corrected chi connectivity index (χ0v) is 15.5.